The fourth-order valence-corrected chi connectivity index (χ4v) is 2.31. The van der Waals surface area contributed by atoms with Crippen LogP contribution in [-0.2, 0) is 0 Å². The van der Waals surface area contributed by atoms with E-state index >= 15 is 0 Å². The van der Waals surface area contributed by atoms with Gasteiger partial charge in [0.15, 0.2) is 0 Å². The van der Waals surface area contributed by atoms with Crippen LogP contribution in [0.3, 0.4) is 0 Å². The number of nitrogens with one attached hydrogen (secondary N) is 2. The molecule has 24 heavy (non-hydrogen) atoms. The Morgan fingerprint density at radius 1 is 1.00 bits per heavy atom. The van der Waals surface area contributed by atoms with Gasteiger partial charge in [0.05, 0.1) is 28.2 Å². The predicted octanol–water partition coefficient (Wildman–Crippen LogP) is 4.87. The van der Waals surface area contributed by atoms with Crippen LogP contribution in [0.5, 0.6) is 0 Å². The standard InChI is InChI=1S/C18H13ClFN3O/c19-14-6-2-1-5-13(14)18(24)22-12-9-10-17(21-11-12)23-16-8-4-3-7-15(16)20/h1-11H,(H,21,23)(H,22,24). The molecule has 0 radical (unpaired) electrons. The molecule has 0 aliphatic carbocycles. The molecule has 0 aliphatic rings. The normalized spacial score (nSPS) is 10.2. The van der Waals surface area contributed by atoms with Crippen LogP contribution in [0.4, 0.5) is 21.6 Å². The summed E-state index contributed by atoms with van der Waals surface area (Å²) in [5, 5.41) is 5.96. The third kappa shape index (κ3) is 3.70. The highest BCUT2D eigenvalue weighted by Gasteiger charge is 2.10. The molecule has 120 valence electrons. The number of amides is 1. The fourth-order valence-electron chi connectivity index (χ4n) is 2.09. The molecule has 1 amide bonds. The van der Waals surface area contributed by atoms with Gasteiger partial charge < -0.3 is 10.6 Å². The minimum atomic E-state index is -0.365. The van der Waals surface area contributed by atoms with Gasteiger partial charge in [-0.25, -0.2) is 9.37 Å². The first-order valence-corrected chi connectivity index (χ1v) is 7.55. The summed E-state index contributed by atoms with van der Waals surface area (Å²) >= 11 is 5.99. The van der Waals surface area contributed by atoms with Crippen LogP contribution in [0.25, 0.3) is 0 Å². The molecule has 2 aromatic carbocycles. The maximum absolute atomic E-state index is 13.6. The maximum atomic E-state index is 13.6. The summed E-state index contributed by atoms with van der Waals surface area (Å²) in [6, 6.07) is 16.4. The molecule has 4 nitrogen and oxygen atoms in total. The van der Waals surface area contributed by atoms with Gasteiger partial charge in [-0.15, -0.1) is 0 Å². The summed E-state index contributed by atoms with van der Waals surface area (Å²) in [6.45, 7) is 0. The van der Waals surface area contributed by atoms with E-state index in [-0.39, 0.29) is 11.7 Å². The number of para-hydroxylation sites is 1. The molecule has 1 heterocycles. The smallest absolute Gasteiger partial charge is 0.257 e. The second-order valence-corrected chi connectivity index (χ2v) is 5.38. The summed E-state index contributed by atoms with van der Waals surface area (Å²) in [7, 11) is 0. The number of nitrogens with zero attached hydrogens (tertiary/aromatic N) is 1. The highest BCUT2D eigenvalue weighted by atomic mass is 35.5. The van der Waals surface area contributed by atoms with Crippen LogP contribution < -0.4 is 10.6 Å². The molecule has 2 N–H and O–H groups in total. The minimum absolute atomic E-state index is 0.322. The molecule has 0 saturated carbocycles. The maximum Gasteiger partial charge on any atom is 0.257 e. The summed E-state index contributed by atoms with van der Waals surface area (Å²) in [6.07, 6.45) is 1.48. The Balaban J connectivity index is 1.70. The average Bonchev–Trinajstić information content (AvgIpc) is 2.59. The van der Waals surface area contributed by atoms with E-state index in [1.54, 1.807) is 54.6 Å². The van der Waals surface area contributed by atoms with Crippen LogP contribution in [0.2, 0.25) is 5.02 Å². The van der Waals surface area contributed by atoms with Gasteiger partial charge >= 0.3 is 0 Å². The molecule has 0 fully saturated rings. The number of rotatable bonds is 4. The van der Waals surface area contributed by atoms with E-state index in [1.807, 2.05) is 0 Å². The van der Waals surface area contributed by atoms with Crippen LogP contribution in [0.15, 0.2) is 66.9 Å². The average molecular weight is 342 g/mol. The second kappa shape index (κ2) is 7.10. The third-order valence-electron chi connectivity index (χ3n) is 3.28. The fraction of sp³-hybridized carbons (Fsp3) is 0. The lowest BCUT2D eigenvalue weighted by atomic mass is 10.2. The van der Waals surface area contributed by atoms with Crippen molar-refractivity contribution in [3.05, 3.63) is 83.3 Å². The van der Waals surface area contributed by atoms with Gasteiger partial charge in [0.25, 0.3) is 5.91 Å². The molecule has 0 unspecified atom stereocenters. The SMILES string of the molecule is O=C(Nc1ccc(Nc2ccccc2F)nc1)c1ccccc1Cl. The summed E-state index contributed by atoms with van der Waals surface area (Å²) in [4.78, 5) is 16.3. The topological polar surface area (TPSA) is 54.0 Å². The molecule has 3 rings (SSSR count). The van der Waals surface area contributed by atoms with Crippen molar-refractivity contribution in [3.63, 3.8) is 0 Å². The first-order chi connectivity index (χ1) is 11.6. The highest BCUT2D eigenvalue weighted by molar-refractivity contribution is 6.34. The largest absolute Gasteiger partial charge is 0.338 e. The number of hydrogen-bond acceptors (Lipinski definition) is 3. The van der Waals surface area contributed by atoms with E-state index in [4.69, 9.17) is 11.6 Å². The Hall–Kier alpha value is -2.92. The molecular formula is C18H13ClFN3O. The molecule has 0 atom stereocenters. The van der Waals surface area contributed by atoms with Gasteiger partial charge in [-0.1, -0.05) is 35.9 Å². The van der Waals surface area contributed by atoms with Gasteiger partial charge in [0, 0.05) is 0 Å². The van der Waals surface area contributed by atoms with Crippen LogP contribution in [-0.4, -0.2) is 10.9 Å². The molecule has 0 aliphatic heterocycles. The van der Waals surface area contributed by atoms with Crippen molar-refractivity contribution in [2.24, 2.45) is 0 Å². The molecule has 1 aromatic heterocycles. The Bertz CT molecular complexity index is 868. The summed E-state index contributed by atoms with van der Waals surface area (Å²) < 4.78 is 13.6. The summed E-state index contributed by atoms with van der Waals surface area (Å²) in [5.74, 6) is -0.219. The number of benzene rings is 2. The lowest BCUT2D eigenvalue weighted by molar-refractivity contribution is 0.102. The molecule has 3 aromatic rings. The zero-order valence-corrected chi connectivity index (χ0v) is 13.2. The molecule has 0 saturated heterocycles. The zero-order valence-electron chi connectivity index (χ0n) is 12.5. The van der Waals surface area contributed by atoms with E-state index < -0.39 is 0 Å². The number of hydrogen-bond donors (Lipinski definition) is 2. The van der Waals surface area contributed by atoms with Gasteiger partial charge in [-0.05, 0) is 36.4 Å². The van der Waals surface area contributed by atoms with Crippen LogP contribution >= 0.6 is 11.6 Å². The van der Waals surface area contributed by atoms with E-state index in [0.29, 0.717) is 27.8 Å². The second-order valence-electron chi connectivity index (χ2n) is 4.97. The highest BCUT2D eigenvalue weighted by Crippen LogP contribution is 2.20. The minimum Gasteiger partial charge on any atom is -0.338 e. The van der Waals surface area contributed by atoms with Crippen molar-refractivity contribution < 1.29 is 9.18 Å². The molecule has 0 bridgehead atoms. The van der Waals surface area contributed by atoms with Crippen LogP contribution in [0.1, 0.15) is 10.4 Å². The summed E-state index contributed by atoms with van der Waals surface area (Å²) in [5.41, 5.74) is 1.23. The lowest BCUT2D eigenvalue weighted by Gasteiger charge is -2.09. The number of aromatic nitrogens is 1. The van der Waals surface area contributed by atoms with Crippen molar-refractivity contribution >= 4 is 34.7 Å². The Morgan fingerprint density at radius 2 is 1.75 bits per heavy atom. The van der Waals surface area contributed by atoms with E-state index in [9.17, 15) is 9.18 Å². The predicted molar refractivity (Wildman–Crippen MR) is 93.3 cm³/mol. The third-order valence-corrected chi connectivity index (χ3v) is 3.61. The first-order valence-electron chi connectivity index (χ1n) is 7.17. The van der Waals surface area contributed by atoms with Crippen molar-refractivity contribution in [2.75, 3.05) is 10.6 Å². The Labute approximate surface area is 143 Å². The van der Waals surface area contributed by atoms with E-state index in [1.165, 1.54) is 12.3 Å². The Morgan fingerprint density at radius 3 is 2.46 bits per heavy atom. The zero-order chi connectivity index (χ0) is 16.9. The monoisotopic (exact) mass is 341 g/mol. The van der Waals surface area contributed by atoms with Gasteiger partial charge in [0.2, 0.25) is 0 Å². The molecule has 6 heteroatoms. The Kier molecular flexibility index (Phi) is 4.72. The van der Waals surface area contributed by atoms with Crippen molar-refractivity contribution in [2.45, 2.75) is 0 Å². The van der Waals surface area contributed by atoms with Gasteiger partial charge in [0.1, 0.15) is 11.6 Å². The number of anilines is 3. The number of carbonyl (C=O) groups excluding carboxylic acids is 1. The van der Waals surface area contributed by atoms with Crippen molar-refractivity contribution in [3.8, 4) is 0 Å². The van der Waals surface area contributed by atoms with Crippen molar-refractivity contribution in [1.82, 2.24) is 4.98 Å². The number of pyridine rings is 1. The van der Waals surface area contributed by atoms with Crippen LogP contribution in [0, 0.1) is 5.82 Å². The van der Waals surface area contributed by atoms with E-state index in [2.05, 4.69) is 15.6 Å². The molecule has 0 spiro atoms. The quantitative estimate of drug-likeness (QED) is 0.711. The lowest BCUT2D eigenvalue weighted by Crippen LogP contribution is -2.12. The number of carbonyl (C=O) groups is 1. The van der Waals surface area contributed by atoms with Gasteiger partial charge in [-0.3, -0.25) is 4.79 Å². The first kappa shape index (κ1) is 16.0. The van der Waals surface area contributed by atoms with E-state index in [0.717, 1.165) is 0 Å². The molecular weight excluding hydrogens is 329 g/mol. The number of halogens is 2. The van der Waals surface area contributed by atoms with Crippen molar-refractivity contribution in [1.29, 1.82) is 0 Å². The van der Waals surface area contributed by atoms with Gasteiger partial charge in [-0.2, -0.15) is 0 Å².